The minimum Gasteiger partial charge on any atom is -0.478 e. The van der Waals surface area contributed by atoms with Crippen molar-refractivity contribution in [1.82, 2.24) is 40.5 Å². The summed E-state index contributed by atoms with van der Waals surface area (Å²) in [5.74, 6) is -3.99. The van der Waals surface area contributed by atoms with Crippen LogP contribution in [0, 0.1) is 17.5 Å². The molecule has 2 amide bonds. The molecule has 12 rings (SSSR count). The van der Waals surface area contributed by atoms with E-state index < -0.39 is 64.0 Å². The second-order valence-electron chi connectivity index (χ2n) is 33.1. The van der Waals surface area contributed by atoms with E-state index in [9.17, 15) is 38.5 Å². The molecular weight excluding hydrogens is 1600 g/mol. The number of amides is 2. The summed E-state index contributed by atoms with van der Waals surface area (Å²) in [5.41, 5.74) is 29.8. The first kappa shape index (κ1) is 94.7. The molecule has 0 aliphatic heterocycles. The highest BCUT2D eigenvalue weighted by Gasteiger charge is 2.42. The lowest BCUT2D eigenvalue weighted by Gasteiger charge is -2.41. The lowest BCUT2D eigenvalue weighted by atomic mass is 9.85. The Labute approximate surface area is 706 Å². The van der Waals surface area contributed by atoms with Gasteiger partial charge in [-0.3, -0.25) is 9.59 Å². The normalized spacial score (nSPS) is 18.4. The summed E-state index contributed by atoms with van der Waals surface area (Å²) in [7, 11) is -3.76. The molecular formula is C88H112Cl3F3N12O10Si2. The first-order valence-electron chi connectivity index (χ1n) is 39.3. The molecule has 0 saturated heterocycles. The summed E-state index contributed by atoms with van der Waals surface area (Å²) >= 11 is 17.7. The molecule has 3 aliphatic carbocycles. The van der Waals surface area contributed by atoms with E-state index in [1.54, 1.807) is 91.4 Å². The monoisotopic (exact) mass is 1710 g/mol. The van der Waals surface area contributed by atoms with Crippen LogP contribution >= 0.6 is 34.8 Å². The van der Waals surface area contributed by atoms with E-state index in [2.05, 4.69) is 98.3 Å². The van der Waals surface area contributed by atoms with Crippen LogP contribution in [-0.4, -0.2) is 128 Å². The quantitative estimate of drug-likeness (QED) is 0.0298. The van der Waals surface area contributed by atoms with E-state index in [-0.39, 0.29) is 114 Å². The Hall–Kier alpha value is -8.82. The number of aromatic nitrogens is 6. The molecule has 9 aromatic rings. The number of carboxylic acids is 1. The second-order valence-corrected chi connectivity index (χ2v) is 43.9. The van der Waals surface area contributed by atoms with Gasteiger partial charge in [-0.05, 0) is 184 Å². The molecule has 9 atom stereocenters. The molecule has 15 N–H and O–H groups in total. The maximum absolute atomic E-state index is 15.3. The minimum atomic E-state index is -1.90. The molecule has 634 valence electrons. The van der Waals surface area contributed by atoms with E-state index in [1.165, 1.54) is 36.4 Å². The molecule has 3 fully saturated rings. The minimum absolute atomic E-state index is 0. The predicted molar refractivity (Wildman–Crippen MR) is 466 cm³/mol. The molecule has 0 spiro atoms. The Morgan fingerprint density at radius 3 is 1.14 bits per heavy atom. The zero-order valence-corrected chi connectivity index (χ0v) is 72.0. The topological polar surface area (TPSA) is 376 Å². The molecule has 118 heavy (non-hydrogen) atoms. The average molecular weight is 1720 g/mol. The fourth-order valence-electron chi connectivity index (χ4n) is 13.9. The average Bonchev–Trinajstić information content (AvgIpc) is 0.804. The van der Waals surface area contributed by atoms with Crippen LogP contribution in [0.5, 0.6) is 0 Å². The lowest BCUT2D eigenvalue weighted by molar-refractivity contribution is 0.0691. The van der Waals surface area contributed by atoms with E-state index in [4.69, 9.17) is 86.8 Å². The van der Waals surface area contributed by atoms with Crippen LogP contribution in [-0.2, 0) is 8.85 Å². The summed E-state index contributed by atoms with van der Waals surface area (Å²) in [6, 6.07) is 31.1. The molecule has 0 radical (unpaired) electrons. The zero-order chi connectivity index (χ0) is 85.4. The molecule has 6 aromatic carbocycles. The Kier molecular flexibility index (Phi) is 33.6. The molecule has 22 nitrogen and oxygen atoms in total. The number of nitrogens with one attached hydrogen (secondary N) is 2. The Bertz CT molecular complexity index is 4930. The van der Waals surface area contributed by atoms with Gasteiger partial charge in [0.25, 0.3) is 11.8 Å². The highest BCUT2D eigenvalue weighted by molar-refractivity contribution is 6.74. The van der Waals surface area contributed by atoms with Crippen molar-refractivity contribution in [2.75, 3.05) is 37.0 Å². The van der Waals surface area contributed by atoms with Gasteiger partial charge in [0.05, 0.1) is 96.4 Å². The van der Waals surface area contributed by atoms with E-state index in [0.717, 1.165) is 93.6 Å². The smallest absolute Gasteiger partial charge is 0.338 e. The highest BCUT2D eigenvalue weighted by atomic mass is 35.5. The van der Waals surface area contributed by atoms with Gasteiger partial charge in [-0.15, -0.1) is 0 Å². The number of rotatable bonds is 21. The molecule has 30 heteroatoms. The number of carboxylic acid groups (broad SMARTS) is 1. The number of hydrogen-bond donors (Lipinski definition) is 11. The van der Waals surface area contributed by atoms with Crippen molar-refractivity contribution >= 4 is 86.7 Å². The van der Waals surface area contributed by atoms with Gasteiger partial charge in [0.1, 0.15) is 52.0 Å². The molecule has 6 unspecified atom stereocenters. The van der Waals surface area contributed by atoms with Gasteiger partial charge in [-0.1, -0.05) is 158 Å². The summed E-state index contributed by atoms with van der Waals surface area (Å²) in [4.78, 5) is 63.8. The number of nitrogens with zero attached hydrogens (tertiary/aromatic N) is 6. The fourth-order valence-corrected chi connectivity index (χ4v) is 17.3. The van der Waals surface area contributed by atoms with Crippen LogP contribution in [0.3, 0.4) is 0 Å². The number of aliphatic hydroxyl groups is 4. The van der Waals surface area contributed by atoms with Crippen molar-refractivity contribution in [3.63, 3.8) is 0 Å². The van der Waals surface area contributed by atoms with Gasteiger partial charge in [-0.2, -0.15) is 0 Å². The maximum atomic E-state index is 15.3. The van der Waals surface area contributed by atoms with Crippen LogP contribution in [0.25, 0.3) is 33.8 Å². The van der Waals surface area contributed by atoms with Gasteiger partial charge in [0.2, 0.25) is 0 Å². The molecule has 0 bridgehead atoms. The van der Waals surface area contributed by atoms with E-state index in [1.807, 2.05) is 12.1 Å². The lowest BCUT2D eigenvalue weighted by Crippen LogP contribution is -2.44. The number of halogens is 6. The van der Waals surface area contributed by atoms with Crippen LogP contribution in [0.1, 0.15) is 227 Å². The van der Waals surface area contributed by atoms with Crippen molar-refractivity contribution < 1.29 is 61.9 Å². The summed E-state index contributed by atoms with van der Waals surface area (Å²) in [5, 5.41) is 54.4. The van der Waals surface area contributed by atoms with Crippen molar-refractivity contribution in [2.45, 2.75) is 216 Å². The highest BCUT2D eigenvalue weighted by Crippen LogP contribution is 2.45. The number of aromatic carboxylic acids is 1. The van der Waals surface area contributed by atoms with Crippen molar-refractivity contribution in [2.24, 2.45) is 5.73 Å². The third-order valence-corrected chi connectivity index (χ3v) is 32.3. The molecule has 3 heterocycles. The number of nitrogens with two attached hydrogens (primary N) is 4. The van der Waals surface area contributed by atoms with Crippen molar-refractivity contribution in [3.8, 4) is 33.8 Å². The van der Waals surface area contributed by atoms with Crippen LogP contribution in [0.2, 0.25) is 51.3 Å². The largest absolute Gasteiger partial charge is 0.478 e. The molecule has 3 saturated carbocycles. The first-order chi connectivity index (χ1) is 55.3. The number of carbonyl (C=O) groups is 3. The van der Waals surface area contributed by atoms with E-state index >= 15 is 4.39 Å². The van der Waals surface area contributed by atoms with Crippen molar-refractivity contribution in [1.29, 1.82) is 0 Å². The maximum Gasteiger partial charge on any atom is 0.338 e. The summed E-state index contributed by atoms with van der Waals surface area (Å²) in [6.07, 6.45) is 16.0. The molecule has 3 aromatic heterocycles. The van der Waals surface area contributed by atoms with Crippen molar-refractivity contribution in [3.05, 3.63) is 229 Å². The van der Waals surface area contributed by atoms with Crippen LogP contribution in [0.15, 0.2) is 146 Å². The Balaban J connectivity index is 0.000000208. The van der Waals surface area contributed by atoms with Crippen LogP contribution < -0.4 is 33.6 Å². The number of nitrogen functional groups attached to an aromatic ring is 3. The summed E-state index contributed by atoms with van der Waals surface area (Å²) < 4.78 is 57.8. The van der Waals surface area contributed by atoms with Gasteiger partial charge in [0, 0.05) is 61.7 Å². The number of aliphatic hydroxyl groups excluding tert-OH is 4. The third kappa shape index (κ3) is 25.2. The standard InChI is InChI=1S/C31H40ClFN4O3Si.C25H26ClFN4O3.C23H32FN3O3Si.C8H10ClNO.CH4/c1-31(2,3)41(4,5)40-23-11-7-9-20(15-23)26-17-35-29(34)28(36-26)21-12-13-24(25(33)16-21)30(39)37-27(18-38)19-8-6-10-22(32)14-19;26-17-5-1-3-14(9-17)22(13-32)31-25(34)19-8-7-16(11-20(19)27)23-24(28)29-12-21(30-23)15-4-2-6-18(33)10-15;1-23(2,3)31(4,5)30-16-8-6-7-14(11-16)19-13-26-21(25)20(27-19)15-9-10-17(22(28)29)18(24)12-15;9-7-3-1-2-6(4-7)8(10)5-11;/h6,8,10,12-14,16-17,20,23,27,38H,7,9,11,15,18H2,1-5H3,(H2,34,35)(H,37,39);1,3,5,7-9,11-12,15,18,22,32-33H,2,4,6,10,13H2,(H2,28,29)(H,31,34);9-10,12-14,16H,6-8,11H2,1-5H3,(H2,25,26)(H,28,29);1-4,8,11H,5,10H2;1H4/t20?,23?,27-;15?,18?,22-;;8-;/m11.1./s1. The number of benzene rings is 6. The zero-order valence-electron chi connectivity index (χ0n) is 67.7. The fraction of sp³-hybridized carbons (Fsp3) is 0.420. The Morgan fingerprint density at radius 1 is 0.492 bits per heavy atom. The van der Waals surface area contributed by atoms with Gasteiger partial charge in [0.15, 0.2) is 16.6 Å². The third-order valence-electron chi connectivity index (χ3n) is 22.5. The SMILES string of the molecule is C.CC(C)(C)[Si](C)(C)OC1CCCC(c2cnc(N)c(-c3ccc(C(=O)N[C@H](CO)c4cccc(Cl)c4)c(F)c3)n2)C1.CC(C)(C)[Si](C)(C)OC1CCCC(c2cnc(N)c(-c3ccc(C(=O)O)c(F)c3)n2)C1.N[C@H](CO)c1cccc(Cl)c1.Nc1ncc(C2CCCC(O)C2)nc1-c1ccc(C(=O)N[C@H](CO)c2cccc(Cl)c2)c(F)c1. The van der Waals surface area contributed by atoms with Gasteiger partial charge < -0.3 is 68.0 Å². The first-order valence-corrected chi connectivity index (χ1v) is 46.2. The van der Waals surface area contributed by atoms with Gasteiger partial charge >= 0.3 is 5.97 Å². The number of anilines is 3. The number of carbonyl (C=O) groups excluding carboxylic acids is 2. The Morgan fingerprint density at radius 2 is 0.822 bits per heavy atom. The second kappa shape index (κ2) is 41.9. The molecule has 3 aliphatic rings. The summed E-state index contributed by atoms with van der Waals surface area (Å²) in [6.45, 7) is 21.8. The van der Waals surface area contributed by atoms with Gasteiger partial charge in [-0.25, -0.2) is 47.9 Å². The van der Waals surface area contributed by atoms with E-state index in [0.29, 0.717) is 72.1 Å². The number of hydrogen-bond acceptors (Lipinski definition) is 19. The predicted octanol–water partition coefficient (Wildman–Crippen LogP) is 18.6. The van der Waals surface area contributed by atoms with Crippen LogP contribution in [0.4, 0.5) is 30.6 Å².